The zero-order chi connectivity index (χ0) is 5.11. The third-order valence-electron chi connectivity index (χ3n) is 1.65. The molecule has 7 heavy (non-hydrogen) atoms. The van der Waals surface area contributed by atoms with Crippen molar-refractivity contribution in [1.29, 1.82) is 0 Å². The lowest BCUT2D eigenvalue weighted by Gasteiger charge is -2.16. The Labute approximate surface area is 53.7 Å². The summed E-state index contributed by atoms with van der Waals surface area (Å²) in [6, 6.07) is 0. The van der Waals surface area contributed by atoms with Crippen molar-refractivity contribution < 1.29 is 0 Å². The first-order valence-corrected chi connectivity index (χ1v) is 3.82. The van der Waals surface area contributed by atoms with Crippen LogP contribution in [0.1, 0.15) is 32.1 Å². The molecule has 0 nitrogen and oxygen atoms in total. The van der Waals surface area contributed by atoms with Gasteiger partial charge >= 0.3 is 0 Å². The minimum absolute atomic E-state index is 0.953. The van der Waals surface area contributed by atoms with Crippen molar-refractivity contribution in [2.75, 3.05) is 0 Å². The molecule has 0 aliphatic heterocycles. The summed E-state index contributed by atoms with van der Waals surface area (Å²) in [5.41, 5.74) is 0. The van der Waals surface area contributed by atoms with Gasteiger partial charge in [0.1, 0.15) is 16.3 Å². The first kappa shape index (κ1) is 5.67. The Hall–Kier alpha value is 0.532. The second kappa shape index (κ2) is 2.75. The zero-order valence-electron chi connectivity index (χ0n) is 4.69. The first-order chi connectivity index (χ1) is 3.39. The first-order valence-electron chi connectivity index (χ1n) is 3.15. The molecule has 0 spiro atoms. The summed E-state index contributed by atoms with van der Waals surface area (Å²) in [5.74, 6) is 0. The van der Waals surface area contributed by atoms with Crippen molar-refractivity contribution >= 4 is 16.3 Å². The van der Waals surface area contributed by atoms with Crippen LogP contribution in [0.4, 0.5) is 0 Å². The van der Waals surface area contributed by atoms with Crippen molar-refractivity contribution in [3.8, 4) is 0 Å². The predicted molar refractivity (Wildman–Crippen MR) is 32.6 cm³/mol. The highest BCUT2D eigenvalue weighted by Crippen LogP contribution is 2.24. The summed E-state index contributed by atoms with van der Waals surface area (Å²) in [4.78, 5) is 0. The minimum Gasteiger partial charge on any atom is -0.107 e. The zero-order valence-corrected chi connectivity index (χ0v) is 5.84. The lowest BCUT2D eigenvalue weighted by Crippen LogP contribution is -1.98. The molecule has 1 heteroatoms. The van der Waals surface area contributed by atoms with E-state index in [-0.39, 0.29) is 0 Å². The van der Waals surface area contributed by atoms with Crippen LogP contribution in [0.5, 0.6) is 0 Å². The Morgan fingerprint density at radius 1 is 1.00 bits per heavy atom. The highest BCUT2D eigenvalue weighted by molar-refractivity contribution is 6.11. The van der Waals surface area contributed by atoms with E-state index in [0.717, 1.165) is 4.78 Å². The summed E-state index contributed by atoms with van der Waals surface area (Å²) >= 11 is 2.91. The van der Waals surface area contributed by atoms with Crippen LogP contribution in [0.2, 0.25) is 4.78 Å². The molecule has 1 aliphatic carbocycles. The molecular formula is C6H11Al. The second-order valence-electron chi connectivity index (χ2n) is 2.40. The van der Waals surface area contributed by atoms with Crippen LogP contribution in [-0.4, -0.2) is 16.3 Å². The van der Waals surface area contributed by atoms with Crippen LogP contribution in [-0.2, 0) is 0 Å². The Kier molecular flexibility index (Phi) is 2.22. The van der Waals surface area contributed by atoms with E-state index in [1.807, 2.05) is 0 Å². The highest BCUT2D eigenvalue weighted by atomic mass is 27.0. The summed E-state index contributed by atoms with van der Waals surface area (Å²) < 4.78 is 0.953. The van der Waals surface area contributed by atoms with Crippen LogP contribution in [0.15, 0.2) is 0 Å². The molecule has 0 saturated heterocycles. The molecule has 0 atom stereocenters. The lowest BCUT2D eigenvalue weighted by atomic mass is 10.0. The van der Waals surface area contributed by atoms with Gasteiger partial charge in [-0.15, -0.1) is 4.78 Å². The van der Waals surface area contributed by atoms with Gasteiger partial charge in [-0.2, -0.15) is 0 Å². The molecule has 0 amide bonds. The van der Waals surface area contributed by atoms with Gasteiger partial charge in [-0.25, -0.2) is 0 Å². The van der Waals surface area contributed by atoms with Gasteiger partial charge in [0.15, 0.2) is 0 Å². The van der Waals surface area contributed by atoms with Gasteiger partial charge < -0.3 is 0 Å². The van der Waals surface area contributed by atoms with E-state index < -0.39 is 0 Å². The van der Waals surface area contributed by atoms with Gasteiger partial charge in [0.2, 0.25) is 0 Å². The second-order valence-corrected chi connectivity index (χ2v) is 3.34. The Morgan fingerprint density at radius 3 is 1.86 bits per heavy atom. The van der Waals surface area contributed by atoms with Gasteiger partial charge in [0.25, 0.3) is 0 Å². The summed E-state index contributed by atoms with van der Waals surface area (Å²) in [7, 11) is 0. The maximum atomic E-state index is 2.91. The van der Waals surface area contributed by atoms with Gasteiger partial charge in [0.05, 0.1) is 0 Å². The largest absolute Gasteiger partial charge is 0.123 e. The van der Waals surface area contributed by atoms with E-state index in [9.17, 15) is 0 Å². The maximum Gasteiger partial charge on any atom is 0.123 e. The molecule has 0 bridgehead atoms. The van der Waals surface area contributed by atoms with Crippen molar-refractivity contribution in [2.45, 2.75) is 36.9 Å². The van der Waals surface area contributed by atoms with Gasteiger partial charge in [-0.3, -0.25) is 0 Å². The van der Waals surface area contributed by atoms with Gasteiger partial charge in [-0.05, 0) is 0 Å². The monoisotopic (exact) mass is 110 g/mol. The SMILES string of the molecule is [Al][CH]1CCCCC1. The standard InChI is InChI=1S/C6H11.Al/c1-2-4-6-5-3-1;/h1H,2-6H2;. The third-order valence-corrected chi connectivity index (χ3v) is 2.32. The topological polar surface area (TPSA) is 0 Å². The average Bonchev–Trinajstić information content (AvgIpc) is 1.69. The van der Waals surface area contributed by atoms with E-state index in [4.69, 9.17) is 0 Å². The number of rotatable bonds is 0. The smallest absolute Gasteiger partial charge is 0.107 e. The summed E-state index contributed by atoms with van der Waals surface area (Å²) in [6.07, 6.45) is 7.31. The molecule has 0 aromatic heterocycles. The molecular weight excluding hydrogens is 99.0 g/mol. The van der Waals surface area contributed by atoms with E-state index >= 15 is 0 Å². The summed E-state index contributed by atoms with van der Waals surface area (Å²) in [5, 5.41) is 0. The highest BCUT2D eigenvalue weighted by Gasteiger charge is 2.04. The third kappa shape index (κ3) is 1.84. The van der Waals surface area contributed by atoms with Crippen LogP contribution < -0.4 is 0 Å². The minimum atomic E-state index is 0.953. The molecule has 1 aliphatic rings. The lowest BCUT2D eigenvalue weighted by molar-refractivity contribution is 0.504. The molecule has 2 radical (unpaired) electrons. The van der Waals surface area contributed by atoms with Crippen molar-refractivity contribution in [3.05, 3.63) is 0 Å². The van der Waals surface area contributed by atoms with E-state index in [2.05, 4.69) is 16.3 Å². The molecule has 0 N–H and O–H groups in total. The molecule has 0 aromatic rings. The molecule has 1 saturated carbocycles. The Balaban J connectivity index is 2.12. The Morgan fingerprint density at radius 2 is 1.57 bits per heavy atom. The van der Waals surface area contributed by atoms with E-state index in [1.54, 1.807) is 0 Å². The normalized spacial score (nSPS) is 25.1. The van der Waals surface area contributed by atoms with Gasteiger partial charge in [-0.1, -0.05) is 32.1 Å². The maximum absolute atomic E-state index is 2.91. The van der Waals surface area contributed by atoms with Crippen molar-refractivity contribution in [3.63, 3.8) is 0 Å². The fourth-order valence-electron chi connectivity index (χ4n) is 1.13. The van der Waals surface area contributed by atoms with Crippen LogP contribution >= 0.6 is 0 Å². The molecule has 1 rings (SSSR count). The van der Waals surface area contributed by atoms with Crippen molar-refractivity contribution in [1.82, 2.24) is 0 Å². The predicted octanol–water partition coefficient (Wildman–Crippen LogP) is 1.91. The number of hydrogen-bond donors (Lipinski definition) is 0. The van der Waals surface area contributed by atoms with Crippen molar-refractivity contribution in [2.24, 2.45) is 0 Å². The molecule has 0 unspecified atom stereocenters. The summed E-state index contributed by atoms with van der Waals surface area (Å²) in [6.45, 7) is 0. The van der Waals surface area contributed by atoms with Crippen LogP contribution in [0.25, 0.3) is 0 Å². The number of hydrogen-bond acceptors (Lipinski definition) is 0. The van der Waals surface area contributed by atoms with E-state index in [0.29, 0.717) is 0 Å². The fourth-order valence-corrected chi connectivity index (χ4v) is 1.61. The molecule has 38 valence electrons. The molecule has 0 aromatic carbocycles. The van der Waals surface area contributed by atoms with Gasteiger partial charge in [0, 0.05) is 0 Å². The van der Waals surface area contributed by atoms with Crippen LogP contribution in [0.3, 0.4) is 0 Å². The molecule has 1 fully saturated rings. The molecule has 0 heterocycles. The average molecular weight is 110 g/mol. The Bertz CT molecular complexity index is 46.1. The van der Waals surface area contributed by atoms with Crippen LogP contribution in [0, 0.1) is 0 Å². The van der Waals surface area contributed by atoms with E-state index in [1.165, 1.54) is 32.1 Å². The quantitative estimate of drug-likeness (QED) is 0.418. The fraction of sp³-hybridized carbons (Fsp3) is 1.00.